The number of hydrogen-bond acceptors (Lipinski definition) is 5. The lowest BCUT2D eigenvalue weighted by Crippen LogP contribution is -2.30. The summed E-state index contributed by atoms with van der Waals surface area (Å²) in [7, 11) is -4.00. The van der Waals surface area contributed by atoms with E-state index in [0.29, 0.717) is 36.2 Å². The van der Waals surface area contributed by atoms with Crippen LogP contribution in [-0.4, -0.2) is 21.6 Å². The lowest BCUT2D eigenvalue weighted by atomic mass is 10.3. The van der Waals surface area contributed by atoms with Crippen molar-refractivity contribution >= 4 is 15.7 Å². The minimum atomic E-state index is -4.00. The molecule has 0 fully saturated rings. The van der Waals surface area contributed by atoms with Gasteiger partial charge in [-0.25, -0.2) is 12.8 Å². The first-order valence-corrected chi connectivity index (χ1v) is 10.6. The van der Waals surface area contributed by atoms with Gasteiger partial charge in [0, 0.05) is 6.07 Å². The summed E-state index contributed by atoms with van der Waals surface area (Å²) in [6.45, 7) is 4.38. The fourth-order valence-corrected chi connectivity index (χ4v) is 4.23. The highest BCUT2D eigenvalue weighted by atomic mass is 32.2. The highest BCUT2D eigenvalue weighted by Gasteiger charge is 2.27. The summed E-state index contributed by atoms with van der Waals surface area (Å²) in [4.78, 5) is 0.0280. The molecule has 0 unspecified atom stereocenters. The lowest BCUT2D eigenvalue weighted by Gasteiger charge is -2.24. The molecule has 0 radical (unpaired) electrons. The van der Waals surface area contributed by atoms with Crippen LogP contribution in [0.1, 0.15) is 19.6 Å². The number of anilines is 1. The Morgan fingerprint density at radius 2 is 1.66 bits per heavy atom. The zero-order valence-corrected chi connectivity index (χ0v) is 17.0. The van der Waals surface area contributed by atoms with Crippen molar-refractivity contribution in [3.8, 4) is 11.5 Å². The Labute approximate surface area is 169 Å². The fourth-order valence-electron chi connectivity index (χ4n) is 2.79. The highest BCUT2D eigenvalue weighted by molar-refractivity contribution is 7.92. The first kappa shape index (κ1) is 20.7. The summed E-state index contributed by atoms with van der Waals surface area (Å²) < 4.78 is 57.9. The zero-order valence-electron chi connectivity index (χ0n) is 16.2. The molecule has 6 nitrogen and oxygen atoms in total. The maximum absolute atomic E-state index is 13.5. The molecule has 0 spiro atoms. The van der Waals surface area contributed by atoms with E-state index in [9.17, 15) is 12.8 Å². The zero-order chi connectivity index (χ0) is 20.9. The molecule has 2 aromatic carbocycles. The van der Waals surface area contributed by atoms with Crippen LogP contribution in [0.3, 0.4) is 0 Å². The molecule has 3 rings (SSSR count). The largest absolute Gasteiger partial charge is 0.490 e. The Bertz CT molecular complexity index is 1030. The van der Waals surface area contributed by atoms with E-state index in [2.05, 4.69) is 0 Å². The van der Waals surface area contributed by atoms with Gasteiger partial charge in [0.15, 0.2) is 11.5 Å². The van der Waals surface area contributed by atoms with Crippen molar-refractivity contribution in [2.45, 2.75) is 25.3 Å². The Morgan fingerprint density at radius 3 is 2.28 bits per heavy atom. The van der Waals surface area contributed by atoms with Crippen molar-refractivity contribution in [2.24, 2.45) is 0 Å². The van der Waals surface area contributed by atoms with Crippen molar-refractivity contribution in [1.82, 2.24) is 0 Å². The molecule has 0 amide bonds. The Kier molecular flexibility index (Phi) is 6.43. The number of hydrogen-bond donors (Lipinski definition) is 0. The summed E-state index contributed by atoms with van der Waals surface area (Å²) in [6, 6.07) is 13.1. The van der Waals surface area contributed by atoms with E-state index >= 15 is 0 Å². The number of sulfonamides is 1. The van der Waals surface area contributed by atoms with Gasteiger partial charge in [-0.15, -0.1) is 0 Å². The molecular formula is C21H22FNO5S. The first-order chi connectivity index (χ1) is 14.0. The average molecular weight is 419 g/mol. The number of benzene rings is 2. The molecule has 0 saturated heterocycles. The quantitative estimate of drug-likeness (QED) is 0.507. The van der Waals surface area contributed by atoms with Gasteiger partial charge in [-0.3, -0.25) is 4.31 Å². The smallest absolute Gasteiger partial charge is 0.264 e. The normalized spacial score (nSPS) is 11.3. The van der Waals surface area contributed by atoms with E-state index in [1.807, 2.05) is 6.92 Å². The third-order valence-corrected chi connectivity index (χ3v) is 5.87. The summed E-state index contributed by atoms with van der Waals surface area (Å²) in [5.74, 6) is 0.804. The van der Waals surface area contributed by atoms with Crippen LogP contribution >= 0.6 is 0 Å². The van der Waals surface area contributed by atoms with Crippen molar-refractivity contribution in [1.29, 1.82) is 0 Å². The third-order valence-electron chi connectivity index (χ3n) is 4.10. The first-order valence-electron chi connectivity index (χ1n) is 9.16. The summed E-state index contributed by atoms with van der Waals surface area (Å²) in [6.07, 6.45) is 1.47. The highest BCUT2D eigenvalue weighted by Crippen LogP contribution is 2.33. The molecule has 0 N–H and O–H groups in total. The van der Waals surface area contributed by atoms with Gasteiger partial charge >= 0.3 is 0 Å². The molecule has 0 saturated carbocycles. The van der Waals surface area contributed by atoms with E-state index in [-0.39, 0.29) is 11.4 Å². The van der Waals surface area contributed by atoms with Crippen molar-refractivity contribution in [3.63, 3.8) is 0 Å². The second-order valence-corrected chi connectivity index (χ2v) is 7.90. The maximum Gasteiger partial charge on any atom is 0.264 e. The molecule has 154 valence electrons. The molecule has 0 atom stereocenters. The molecule has 1 heterocycles. The standard InChI is InChI=1S/C21H22FNO5S/c1-3-26-20-12-11-19(14-21(20)27-4-2)29(24,25)23(15-18-6-5-13-28-18)17-9-7-16(22)8-10-17/h5-14H,3-4,15H2,1-2H3. The average Bonchev–Trinajstić information content (AvgIpc) is 3.22. The number of halogens is 1. The predicted octanol–water partition coefficient (Wildman–Crippen LogP) is 4.61. The van der Waals surface area contributed by atoms with Crippen LogP contribution in [0.2, 0.25) is 0 Å². The van der Waals surface area contributed by atoms with E-state index in [0.717, 1.165) is 4.31 Å². The van der Waals surface area contributed by atoms with Gasteiger partial charge in [-0.2, -0.15) is 0 Å². The van der Waals surface area contributed by atoms with Gasteiger partial charge in [0.05, 0.1) is 36.6 Å². The van der Waals surface area contributed by atoms with E-state index in [1.165, 1.54) is 42.7 Å². The Hall–Kier alpha value is -3.00. The van der Waals surface area contributed by atoms with Crippen LogP contribution < -0.4 is 13.8 Å². The molecule has 1 aromatic heterocycles. The minimum Gasteiger partial charge on any atom is -0.490 e. The predicted molar refractivity (Wildman–Crippen MR) is 107 cm³/mol. The Balaban J connectivity index is 2.06. The maximum atomic E-state index is 13.5. The SMILES string of the molecule is CCOc1ccc(S(=O)(=O)N(Cc2ccco2)c2ccc(F)cc2)cc1OCC. The Morgan fingerprint density at radius 1 is 0.966 bits per heavy atom. The van der Waals surface area contributed by atoms with Gasteiger partial charge < -0.3 is 13.9 Å². The molecule has 0 aliphatic rings. The van der Waals surface area contributed by atoms with Crippen molar-refractivity contribution < 1.29 is 26.7 Å². The van der Waals surface area contributed by atoms with Gasteiger partial charge in [0.2, 0.25) is 0 Å². The number of rotatable bonds is 9. The number of ether oxygens (including phenoxy) is 2. The molecule has 8 heteroatoms. The number of nitrogens with zero attached hydrogens (tertiary/aromatic N) is 1. The monoisotopic (exact) mass is 419 g/mol. The molecule has 3 aromatic rings. The van der Waals surface area contributed by atoms with Crippen LogP contribution in [0, 0.1) is 5.82 Å². The van der Waals surface area contributed by atoms with Crippen LogP contribution in [-0.2, 0) is 16.6 Å². The summed E-state index contributed by atoms with van der Waals surface area (Å²) in [5, 5.41) is 0. The molecule has 0 aliphatic carbocycles. The van der Waals surface area contributed by atoms with E-state index in [4.69, 9.17) is 13.9 Å². The van der Waals surface area contributed by atoms with Gasteiger partial charge in [0.25, 0.3) is 10.0 Å². The van der Waals surface area contributed by atoms with Gasteiger partial charge in [0.1, 0.15) is 11.6 Å². The second kappa shape index (κ2) is 9.00. The van der Waals surface area contributed by atoms with Crippen molar-refractivity contribution in [3.05, 3.63) is 72.4 Å². The second-order valence-electron chi connectivity index (χ2n) is 6.04. The van der Waals surface area contributed by atoms with Crippen LogP contribution in [0.25, 0.3) is 0 Å². The fraction of sp³-hybridized carbons (Fsp3) is 0.238. The number of furan rings is 1. The topological polar surface area (TPSA) is 69.0 Å². The summed E-state index contributed by atoms with van der Waals surface area (Å²) >= 11 is 0. The van der Waals surface area contributed by atoms with Gasteiger partial charge in [-0.05, 0) is 62.4 Å². The van der Waals surface area contributed by atoms with E-state index in [1.54, 1.807) is 25.1 Å². The third kappa shape index (κ3) is 4.71. The van der Waals surface area contributed by atoms with Gasteiger partial charge in [-0.1, -0.05) is 0 Å². The molecule has 0 aliphatic heterocycles. The molecule has 29 heavy (non-hydrogen) atoms. The van der Waals surface area contributed by atoms with Crippen molar-refractivity contribution in [2.75, 3.05) is 17.5 Å². The minimum absolute atomic E-state index is 0.0280. The molecular weight excluding hydrogens is 397 g/mol. The van der Waals surface area contributed by atoms with Crippen LogP contribution in [0.4, 0.5) is 10.1 Å². The summed E-state index contributed by atoms with van der Waals surface area (Å²) in [5.41, 5.74) is 0.314. The molecule has 0 bridgehead atoms. The van der Waals surface area contributed by atoms with Crippen LogP contribution in [0.5, 0.6) is 11.5 Å². The van der Waals surface area contributed by atoms with Crippen LogP contribution in [0.15, 0.2) is 70.2 Å². The lowest BCUT2D eigenvalue weighted by molar-refractivity contribution is 0.287. The van der Waals surface area contributed by atoms with E-state index < -0.39 is 15.8 Å².